The van der Waals surface area contributed by atoms with Gasteiger partial charge in [0.05, 0.1) is 25.2 Å². The van der Waals surface area contributed by atoms with Crippen LogP contribution in [-0.4, -0.2) is 73.4 Å². The SMILES string of the molecule is CC(C)CC(NC(=O)CNC(=O)C(N)Cc1cnc[nH]1)C(=O)NC(Cc1cnc[nH]1)C(=O)O. The van der Waals surface area contributed by atoms with Gasteiger partial charge in [0.2, 0.25) is 17.7 Å². The monoisotopic (exact) mass is 462 g/mol. The summed E-state index contributed by atoms with van der Waals surface area (Å²) < 4.78 is 0. The number of aromatic amines is 2. The molecule has 0 aliphatic rings. The number of aromatic nitrogens is 4. The molecule has 0 aliphatic heterocycles. The lowest BCUT2D eigenvalue weighted by molar-refractivity contribution is -0.142. The fourth-order valence-corrected chi connectivity index (χ4v) is 3.06. The Hall–Kier alpha value is -3.74. The molecule has 13 heteroatoms. The largest absolute Gasteiger partial charge is 0.480 e. The summed E-state index contributed by atoms with van der Waals surface area (Å²) in [6.45, 7) is 3.35. The molecule has 0 aliphatic carbocycles. The van der Waals surface area contributed by atoms with E-state index in [0.717, 1.165) is 0 Å². The molecule has 0 saturated heterocycles. The van der Waals surface area contributed by atoms with Crippen molar-refractivity contribution < 1.29 is 24.3 Å². The smallest absolute Gasteiger partial charge is 0.326 e. The number of carbonyl (C=O) groups is 4. The van der Waals surface area contributed by atoms with Crippen LogP contribution in [-0.2, 0) is 32.0 Å². The second-order valence-corrected chi connectivity index (χ2v) is 8.04. The maximum absolute atomic E-state index is 12.7. The van der Waals surface area contributed by atoms with Crippen molar-refractivity contribution in [3.05, 3.63) is 36.4 Å². The van der Waals surface area contributed by atoms with E-state index in [-0.39, 0.29) is 31.7 Å². The van der Waals surface area contributed by atoms with Crippen LogP contribution in [0.4, 0.5) is 0 Å². The van der Waals surface area contributed by atoms with Gasteiger partial charge in [-0.3, -0.25) is 14.4 Å². The lowest BCUT2D eigenvalue weighted by Crippen LogP contribution is -2.54. The van der Waals surface area contributed by atoms with E-state index in [1.807, 2.05) is 13.8 Å². The van der Waals surface area contributed by atoms with Gasteiger partial charge >= 0.3 is 5.97 Å². The summed E-state index contributed by atoms with van der Waals surface area (Å²) in [5.74, 6) is -2.94. The Morgan fingerprint density at radius 3 is 2.09 bits per heavy atom. The number of carbonyl (C=O) groups excluding carboxylic acids is 3. The minimum Gasteiger partial charge on any atom is -0.480 e. The van der Waals surface area contributed by atoms with Gasteiger partial charge in [-0.1, -0.05) is 13.8 Å². The first-order valence-electron chi connectivity index (χ1n) is 10.5. The van der Waals surface area contributed by atoms with Crippen LogP contribution in [0, 0.1) is 5.92 Å². The molecule has 2 aromatic heterocycles. The normalized spacial score (nSPS) is 13.7. The molecule has 0 bridgehead atoms. The van der Waals surface area contributed by atoms with Gasteiger partial charge < -0.3 is 36.8 Å². The first-order valence-corrected chi connectivity index (χ1v) is 10.5. The molecule has 2 rings (SSSR count). The highest BCUT2D eigenvalue weighted by molar-refractivity contribution is 5.92. The number of nitrogens with two attached hydrogens (primary N) is 1. The molecule has 0 radical (unpaired) electrons. The van der Waals surface area contributed by atoms with Crippen molar-refractivity contribution in [3.8, 4) is 0 Å². The predicted molar refractivity (Wildman–Crippen MR) is 117 cm³/mol. The quantitative estimate of drug-likeness (QED) is 0.185. The van der Waals surface area contributed by atoms with Crippen LogP contribution in [0.2, 0.25) is 0 Å². The van der Waals surface area contributed by atoms with Crippen molar-refractivity contribution in [2.45, 2.75) is 51.2 Å². The third-order valence-corrected chi connectivity index (χ3v) is 4.71. The number of nitrogens with one attached hydrogen (secondary N) is 5. The summed E-state index contributed by atoms with van der Waals surface area (Å²) in [4.78, 5) is 62.1. The molecule has 0 aromatic carbocycles. The van der Waals surface area contributed by atoms with Crippen LogP contribution < -0.4 is 21.7 Å². The Balaban J connectivity index is 1.90. The lowest BCUT2D eigenvalue weighted by Gasteiger charge is -2.23. The van der Waals surface area contributed by atoms with Gasteiger partial charge in [0, 0.05) is 36.6 Å². The van der Waals surface area contributed by atoms with Crippen molar-refractivity contribution in [3.63, 3.8) is 0 Å². The minimum absolute atomic E-state index is 0.00763. The minimum atomic E-state index is -1.22. The second-order valence-electron chi connectivity index (χ2n) is 8.04. The summed E-state index contributed by atoms with van der Waals surface area (Å²) >= 11 is 0. The highest BCUT2D eigenvalue weighted by Gasteiger charge is 2.28. The Morgan fingerprint density at radius 2 is 1.58 bits per heavy atom. The molecule has 2 heterocycles. The first kappa shape index (κ1) is 25.5. The highest BCUT2D eigenvalue weighted by atomic mass is 16.4. The topological polar surface area (TPSA) is 208 Å². The van der Waals surface area contributed by atoms with Crippen LogP contribution in [0.5, 0.6) is 0 Å². The zero-order valence-corrected chi connectivity index (χ0v) is 18.5. The number of H-pyrrole nitrogens is 2. The fraction of sp³-hybridized carbons (Fsp3) is 0.500. The van der Waals surface area contributed by atoms with Gasteiger partial charge in [0.1, 0.15) is 12.1 Å². The van der Waals surface area contributed by atoms with E-state index in [1.54, 1.807) is 6.20 Å². The van der Waals surface area contributed by atoms with Crippen molar-refractivity contribution in [2.75, 3.05) is 6.54 Å². The molecule has 0 fully saturated rings. The molecule has 8 N–H and O–H groups in total. The number of hydrogen-bond donors (Lipinski definition) is 7. The molecule has 0 spiro atoms. The molecule has 3 atom stereocenters. The summed E-state index contributed by atoms with van der Waals surface area (Å²) in [7, 11) is 0. The summed E-state index contributed by atoms with van der Waals surface area (Å²) in [5.41, 5.74) is 7.05. The maximum Gasteiger partial charge on any atom is 0.326 e. The van der Waals surface area contributed by atoms with Gasteiger partial charge in [-0.2, -0.15) is 0 Å². The number of aliphatic carboxylic acids is 1. The molecule has 2 aromatic rings. The maximum atomic E-state index is 12.7. The van der Waals surface area contributed by atoms with E-state index in [9.17, 15) is 24.3 Å². The Kier molecular flexibility index (Phi) is 9.54. The van der Waals surface area contributed by atoms with Crippen LogP contribution >= 0.6 is 0 Å². The van der Waals surface area contributed by atoms with Gasteiger partial charge in [0.15, 0.2) is 0 Å². The number of carboxylic acids is 1. The lowest BCUT2D eigenvalue weighted by atomic mass is 10.0. The van der Waals surface area contributed by atoms with E-state index >= 15 is 0 Å². The number of amides is 3. The average Bonchev–Trinajstić information content (AvgIpc) is 3.44. The summed E-state index contributed by atoms with van der Waals surface area (Å²) in [6.07, 6.45) is 6.40. The molecule has 33 heavy (non-hydrogen) atoms. The second kappa shape index (κ2) is 12.3. The van der Waals surface area contributed by atoms with Crippen molar-refractivity contribution in [1.82, 2.24) is 35.9 Å². The van der Waals surface area contributed by atoms with Crippen molar-refractivity contribution in [1.29, 1.82) is 0 Å². The standard InChI is InChI=1S/C20H30N8O5/c1-11(2)3-15(19(31)28-16(20(32)33)5-13-7-23-10-26-13)27-17(29)8-24-18(30)14(21)4-12-6-22-9-25-12/h6-7,9-11,14-16H,3-5,8,21H2,1-2H3,(H,22,25)(H,23,26)(H,24,30)(H,27,29)(H,28,31)(H,32,33). The van der Waals surface area contributed by atoms with E-state index < -0.39 is 41.8 Å². The third kappa shape index (κ3) is 8.73. The molecule has 3 unspecified atom stereocenters. The Bertz CT molecular complexity index is 913. The molecular formula is C20H30N8O5. The number of rotatable bonds is 13. The van der Waals surface area contributed by atoms with E-state index in [2.05, 4.69) is 35.9 Å². The average molecular weight is 463 g/mol. The van der Waals surface area contributed by atoms with E-state index in [1.165, 1.54) is 18.9 Å². The molecule has 0 saturated carbocycles. The molecule has 13 nitrogen and oxygen atoms in total. The van der Waals surface area contributed by atoms with Gasteiger partial charge in [-0.15, -0.1) is 0 Å². The van der Waals surface area contributed by atoms with Gasteiger partial charge in [0.25, 0.3) is 0 Å². The number of nitrogens with zero attached hydrogens (tertiary/aromatic N) is 2. The van der Waals surface area contributed by atoms with Crippen LogP contribution in [0.1, 0.15) is 31.7 Å². The van der Waals surface area contributed by atoms with Crippen LogP contribution in [0.25, 0.3) is 0 Å². The summed E-state index contributed by atoms with van der Waals surface area (Å²) in [6, 6.07) is -3.06. The van der Waals surface area contributed by atoms with Gasteiger partial charge in [-0.25, -0.2) is 14.8 Å². The van der Waals surface area contributed by atoms with Crippen LogP contribution in [0.3, 0.4) is 0 Å². The zero-order valence-electron chi connectivity index (χ0n) is 18.5. The Morgan fingerprint density at radius 1 is 0.970 bits per heavy atom. The molecule has 3 amide bonds. The fourth-order valence-electron chi connectivity index (χ4n) is 3.06. The Labute approximate surface area is 190 Å². The predicted octanol–water partition coefficient (Wildman–Crippen LogP) is -1.54. The number of carboxylic acid groups (broad SMARTS) is 1. The number of hydrogen-bond acceptors (Lipinski definition) is 7. The molecule has 180 valence electrons. The highest BCUT2D eigenvalue weighted by Crippen LogP contribution is 2.07. The van der Waals surface area contributed by atoms with Crippen LogP contribution in [0.15, 0.2) is 25.0 Å². The van der Waals surface area contributed by atoms with E-state index in [0.29, 0.717) is 11.4 Å². The third-order valence-electron chi connectivity index (χ3n) is 4.71. The zero-order chi connectivity index (χ0) is 24.4. The first-order chi connectivity index (χ1) is 15.7. The van der Waals surface area contributed by atoms with Gasteiger partial charge in [-0.05, 0) is 12.3 Å². The van der Waals surface area contributed by atoms with E-state index in [4.69, 9.17) is 5.73 Å². The number of imidazole rings is 2. The summed E-state index contributed by atoms with van der Waals surface area (Å²) in [5, 5.41) is 16.9. The van der Waals surface area contributed by atoms with Crippen molar-refractivity contribution >= 4 is 23.7 Å². The van der Waals surface area contributed by atoms with Crippen molar-refractivity contribution in [2.24, 2.45) is 11.7 Å². The molecular weight excluding hydrogens is 432 g/mol.